The second kappa shape index (κ2) is 13.1. The molecule has 0 aliphatic heterocycles. The van der Waals surface area contributed by atoms with Crippen LogP contribution in [0.25, 0.3) is 0 Å². The number of carboxylic acids is 1. The van der Waals surface area contributed by atoms with Crippen LogP contribution in [0.1, 0.15) is 89.3 Å². The molecule has 1 aliphatic carbocycles. The monoisotopic (exact) mass is 382 g/mol. The maximum absolute atomic E-state index is 11.2. The van der Waals surface area contributed by atoms with Gasteiger partial charge in [0.1, 0.15) is 0 Å². The van der Waals surface area contributed by atoms with Crippen molar-refractivity contribution in [1.29, 1.82) is 0 Å². The fraction of sp³-hybridized carbons (Fsp3) is 0.789. The highest BCUT2D eigenvalue weighted by Crippen LogP contribution is 2.31. The zero-order valence-electron chi connectivity index (χ0n) is 16.8. The third kappa shape index (κ3) is 8.88. The average molecular weight is 383 g/mol. The van der Waals surface area contributed by atoms with Crippen molar-refractivity contribution in [2.45, 2.75) is 84.1 Å². The van der Waals surface area contributed by atoms with Crippen LogP contribution in [0, 0.1) is 5.92 Å². The predicted molar refractivity (Wildman–Crippen MR) is 102 cm³/mol. The number of carbonyl (C=O) groups is 2. The second-order valence-electron chi connectivity index (χ2n) is 6.71. The van der Waals surface area contributed by atoms with Crippen LogP contribution in [-0.4, -0.2) is 34.3 Å². The lowest BCUT2D eigenvalue weighted by Gasteiger charge is -2.21. The van der Waals surface area contributed by atoms with Crippen LogP contribution >= 0.6 is 0 Å². The van der Waals surface area contributed by atoms with Gasteiger partial charge in [-0.1, -0.05) is 63.9 Å². The Morgan fingerprint density at radius 3 is 2.59 bits per heavy atom. The largest absolute Gasteiger partial charge is 0.481 e. The average Bonchev–Trinajstić information content (AvgIpc) is 3.16. The lowest BCUT2D eigenvalue weighted by Crippen LogP contribution is -2.32. The lowest BCUT2D eigenvalue weighted by atomic mass is 9.84. The molecule has 154 valence electrons. The van der Waals surface area contributed by atoms with Crippen molar-refractivity contribution < 1.29 is 19.2 Å². The normalized spacial score (nSPS) is 15.4. The number of carbonyl (C=O) groups excluding carboxylic acids is 1. The minimum atomic E-state index is -0.870. The molecule has 1 aliphatic rings. The van der Waals surface area contributed by atoms with Crippen LogP contribution in [0.15, 0.2) is 4.52 Å². The van der Waals surface area contributed by atoms with E-state index in [1.807, 2.05) is 13.8 Å². The number of aromatic nitrogens is 2. The topological polar surface area (TPSA) is 117 Å². The second-order valence-corrected chi connectivity index (χ2v) is 6.71. The summed E-state index contributed by atoms with van der Waals surface area (Å²) in [5.74, 6) is 0.323. The molecule has 0 spiro atoms. The summed E-state index contributed by atoms with van der Waals surface area (Å²) in [5, 5.41) is 18.0. The van der Waals surface area contributed by atoms with Gasteiger partial charge in [0.15, 0.2) is 5.82 Å². The van der Waals surface area contributed by atoms with E-state index in [2.05, 4.69) is 20.8 Å². The summed E-state index contributed by atoms with van der Waals surface area (Å²) in [5.41, 5.74) is 0. The van der Waals surface area contributed by atoms with Crippen molar-refractivity contribution in [2.24, 2.45) is 5.92 Å². The van der Waals surface area contributed by atoms with Crippen LogP contribution in [0.4, 0.5) is 4.79 Å². The van der Waals surface area contributed by atoms with E-state index in [1.54, 1.807) is 0 Å². The van der Waals surface area contributed by atoms with E-state index in [-0.39, 0.29) is 24.9 Å². The van der Waals surface area contributed by atoms with Gasteiger partial charge in [0.2, 0.25) is 5.89 Å². The van der Waals surface area contributed by atoms with E-state index < -0.39 is 5.97 Å². The summed E-state index contributed by atoms with van der Waals surface area (Å²) in [6.07, 6.45) is 9.36. The molecule has 8 nitrogen and oxygen atoms in total. The first-order valence-electron chi connectivity index (χ1n) is 10.1. The summed E-state index contributed by atoms with van der Waals surface area (Å²) in [7, 11) is 1.52. The molecule has 0 aromatic carbocycles. The number of rotatable bonds is 9. The first kappa shape index (κ1) is 22.9. The van der Waals surface area contributed by atoms with E-state index in [9.17, 15) is 9.59 Å². The summed E-state index contributed by atoms with van der Waals surface area (Å²) in [6, 6.07) is -0.332. The van der Waals surface area contributed by atoms with Gasteiger partial charge in [0, 0.05) is 13.0 Å². The summed E-state index contributed by atoms with van der Waals surface area (Å²) >= 11 is 0. The molecule has 1 aromatic heterocycles. The fourth-order valence-corrected chi connectivity index (χ4v) is 3.41. The first-order valence-corrected chi connectivity index (χ1v) is 10.1. The molecule has 0 bridgehead atoms. The lowest BCUT2D eigenvalue weighted by molar-refractivity contribution is -0.137. The number of aliphatic carboxylic acids is 1. The van der Waals surface area contributed by atoms with Crippen molar-refractivity contribution >= 4 is 12.0 Å². The van der Waals surface area contributed by atoms with E-state index in [1.165, 1.54) is 39.2 Å². The molecular formula is C19H34N4O4. The molecule has 1 heterocycles. The van der Waals surface area contributed by atoms with E-state index in [0.717, 1.165) is 25.2 Å². The number of nitrogens with zero attached hydrogens (tertiary/aromatic N) is 2. The molecule has 0 radical (unpaired) electrons. The van der Waals surface area contributed by atoms with Gasteiger partial charge in [-0.15, -0.1) is 0 Å². The molecule has 1 saturated carbocycles. The van der Waals surface area contributed by atoms with Gasteiger partial charge in [-0.2, -0.15) is 4.98 Å². The van der Waals surface area contributed by atoms with Crippen LogP contribution in [-0.2, 0) is 11.3 Å². The third-order valence-corrected chi connectivity index (χ3v) is 4.78. The highest BCUT2D eigenvalue weighted by molar-refractivity contribution is 5.73. The molecule has 1 unspecified atom stereocenters. The van der Waals surface area contributed by atoms with E-state index in [0.29, 0.717) is 11.7 Å². The molecule has 3 N–H and O–H groups in total. The minimum Gasteiger partial charge on any atom is -0.481 e. The molecule has 27 heavy (non-hydrogen) atoms. The van der Waals surface area contributed by atoms with Crippen molar-refractivity contribution in [2.75, 3.05) is 7.05 Å². The Hall–Kier alpha value is -2.12. The third-order valence-electron chi connectivity index (χ3n) is 4.78. The van der Waals surface area contributed by atoms with Gasteiger partial charge in [-0.25, -0.2) is 4.79 Å². The zero-order chi connectivity index (χ0) is 20.1. The Morgan fingerprint density at radius 1 is 1.26 bits per heavy atom. The molecule has 0 saturated heterocycles. The van der Waals surface area contributed by atoms with Crippen molar-refractivity contribution in [1.82, 2.24) is 20.8 Å². The molecule has 2 rings (SSSR count). The Bertz CT molecular complexity index is 556. The van der Waals surface area contributed by atoms with E-state index >= 15 is 0 Å². The van der Waals surface area contributed by atoms with Crippen LogP contribution in [0.2, 0.25) is 0 Å². The Morgan fingerprint density at radius 2 is 1.96 bits per heavy atom. The first-order chi connectivity index (χ1) is 13.1. The van der Waals surface area contributed by atoms with Gasteiger partial charge in [-0.3, -0.25) is 4.79 Å². The summed E-state index contributed by atoms with van der Waals surface area (Å²) in [6.45, 7) is 4.14. The Balaban J connectivity index is 0.00000176. The number of hydrogen-bond donors (Lipinski definition) is 3. The number of hydrogen-bond acceptors (Lipinski definition) is 5. The smallest absolute Gasteiger partial charge is 0.314 e. The number of urea groups is 1. The molecule has 1 fully saturated rings. The fourth-order valence-electron chi connectivity index (χ4n) is 3.41. The highest BCUT2D eigenvalue weighted by atomic mass is 16.5. The van der Waals surface area contributed by atoms with Crippen molar-refractivity contribution in [3.05, 3.63) is 11.7 Å². The Kier molecular flexibility index (Phi) is 11.1. The maximum Gasteiger partial charge on any atom is 0.314 e. The number of carboxylic acid groups (broad SMARTS) is 1. The molecule has 1 atom stereocenters. The number of nitrogens with one attached hydrogen (secondary N) is 2. The molecule has 8 heteroatoms. The summed E-state index contributed by atoms with van der Waals surface area (Å²) < 4.78 is 5.24. The highest BCUT2D eigenvalue weighted by Gasteiger charge is 2.23. The van der Waals surface area contributed by atoms with Crippen molar-refractivity contribution in [3.8, 4) is 0 Å². The van der Waals surface area contributed by atoms with Gasteiger partial charge in [0.25, 0.3) is 0 Å². The number of amides is 2. The minimum absolute atomic E-state index is 0.0187. The van der Waals surface area contributed by atoms with Crippen LogP contribution in [0.3, 0.4) is 0 Å². The SMILES string of the molecule is CC.CNC(=O)NCc1noc(C(CCCC2CCCCC2)CC(=O)O)n1. The predicted octanol–water partition coefficient (Wildman–Crippen LogP) is 3.83. The van der Waals surface area contributed by atoms with Gasteiger partial charge in [0.05, 0.1) is 13.0 Å². The van der Waals surface area contributed by atoms with Gasteiger partial charge >= 0.3 is 12.0 Å². The standard InChI is InChI=1S/C17H28N4O4.C2H6/c1-18-17(24)19-11-14-20-16(25-21-14)13(10-15(22)23)9-5-8-12-6-3-2-4-7-12;1-2/h12-13H,2-11H2,1H3,(H,22,23)(H2,18,19,24);1-2H3. The molecule has 1 aromatic rings. The quantitative estimate of drug-likeness (QED) is 0.597. The zero-order valence-corrected chi connectivity index (χ0v) is 16.8. The maximum atomic E-state index is 11.2. The van der Waals surface area contributed by atoms with Gasteiger partial charge in [-0.05, 0) is 12.3 Å². The molecule has 2 amide bonds. The van der Waals surface area contributed by atoms with E-state index in [4.69, 9.17) is 9.63 Å². The Labute approximate surface area is 161 Å². The van der Waals surface area contributed by atoms with Crippen LogP contribution in [0.5, 0.6) is 0 Å². The van der Waals surface area contributed by atoms with Gasteiger partial charge < -0.3 is 20.3 Å². The van der Waals surface area contributed by atoms with Crippen molar-refractivity contribution in [3.63, 3.8) is 0 Å². The summed E-state index contributed by atoms with van der Waals surface area (Å²) in [4.78, 5) is 26.6. The van der Waals surface area contributed by atoms with Crippen LogP contribution < -0.4 is 10.6 Å². The molecular weight excluding hydrogens is 348 g/mol.